The van der Waals surface area contributed by atoms with Crippen LogP contribution in [0, 0.1) is 10.8 Å². The Labute approximate surface area is 176 Å². The van der Waals surface area contributed by atoms with Crippen LogP contribution in [0.1, 0.15) is 47.4 Å². The first-order chi connectivity index (χ1) is 14.5. The van der Waals surface area contributed by atoms with Gasteiger partial charge in [-0.05, 0) is 47.9 Å². The van der Waals surface area contributed by atoms with E-state index in [9.17, 15) is 9.59 Å². The molecule has 0 atom stereocenters. The molecule has 0 aromatic heterocycles. The number of carbonyl (C=O) groups is 2. The van der Waals surface area contributed by atoms with E-state index in [1.54, 1.807) is 24.3 Å². The highest BCUT2D eigenvalue weighted by Crippen LogP contribution is 2.32. The number of hydrogen-bond donors (Lipinski definition) is 0. The fourth-order valence-corrected chi connectivity index (χ4v) is 3.67. The zero-order valence-electron chi connectivity index (χ0n) is 17.6. The second-order valence-electron chi connectivity index (χ2n) is 8.62. The molecule has 2 fully saturated rings. The highest BCUT2D eigenvalue weighted by molar-refractivity contribution is 5.99. The zero-order valence-corrected chi connectivity index (χ0v) is 17.6. The molecule has 6 nitrogen and oxygen atoms in total. The SMILES string of the molecule is CCC1(COC(=O)c2ccc3ccc(C(=O)OCC4(CC)COC4)cc3c2)COC1. The average Bonchev–Trinajstić information content (AvgIpc) is 2.71. The van der Waals surface area contributed by atoms with E-state index in [0.29, 0.717) is 50.8 Å². The molecule has 0 bridgehead atoms. The molecule has 0 radical (unpaired) electrons. The molecule has 0 amide bonds. The summed E-state index contributed by atoms with van der Waals surface area (Å²) < 4.78 is 21.6. The van der Waals surface area contributed by atoms with Gasteiger partial charge in [0.25, 0.3) is 0 Å². The van der Waals surface area contributed by atoms with Gasteiger partial charge in [-0.15, -0.1) is 0 Å². The molecule has 2 saturated heterocycles. The number of ether oxygens (including phenoxy) is 4. The van der Waals surface area contributed by atoms with Crippen molar-refractivity contribution in [1.29, 1.82) is 0 Å². The summed E-state index contributed by atoms with van der Waals surface area (Å²) in [4.78, 5) is 25.1. The lowest BCUT2D eigenvalue weighted by molar-refractivity contribution is -0.140. The quantitative estimate of drug-likeness (QED) is 0.610. The maximum Gasteiger partial charge on any atom is 0.338 e. The van der Waals surface area contributed by atoms with E-state index in [1.165, 1.54) is 0 Å². The number of esters is 2. The Kier molecular flexibility index (Phi) is 5.80. The summed E-state index contributed by atoms with van der Waals surface area (Å²) in [7, 11) is 0. The minimum Gasteiger partial charge on any atom is -0.461 e. The van der Waals surface area contributed by atoms with Gasteiger partial charge in [-0.3, -0.25) is 0 Å². The van der Waals surface area contributed by atoms with Gasteiger partial charge >= 0.3 is 11.9 Å². The minimum atomic E-state index is -0.362. The van der Waals surface area contributed by atoms with Crippen LogP contribution in [0.3, 0.4) is 0 Å². The van der Waals surface area contributed by atoms with Gasteiger partial charge in [0.05, 0.1) is 48.4 Å². The number of fused-ring (bicyclic) bond motifs is 1. The molecule has 0 spiro atoms. The molecule has 4 rings (SSSR count). The highest BCUT2D eigenvalue weighted by Gasteiger charge is 2.39. The third kappa shape index (κ3) is 4.07. The number of benzene rings is 2. The van der Waals surface area contributed by atoms with E-state index >= 15 is 0 Å². The van der Waals surface area contributed by atoms with Crippen LogP contribution in [0.15, 0.2) is 36.4 Å². The van der Waals surface area contributed by atoms with Crippen LogP contribution in [-0.4, -0.2) is 51.6 Å². The molecule has 2 heterocycles. The van der Waals surface area contributed by atoms with Crippen molar-refractivity contribution in [3.63, 3.8) is 0 Å². The Hall–Kier alpha value is -2.44. The van der Waals surface area contributed by atoms with Crippen molar-refractivity contribution in [3.05, 3.63) is 47.5 Å². The first-order valence-electron chi connectivity index (χ1n) is 10.5. The maximum absolute atomic E-state index is 12.5. The Bertz CT molecular complexity index is 858. The number of carbonyl (C=O) groups excluding carboxylic acids is 2. The molecule has 0 aliphatic carbocycles. The monoisotopic (exact) mass is 412 g/mol. The topological polar surface area (TPSA) is 71.1 Å². The van der Waals surface area contributed by atoms with E-state index in [-0.39, 0.29) is 22.8 Å². The molecular formula is C24H28O6. The van der Waals surface area contributed by atoms with Crippen molar-refractivity contribution >= 4 is 22.7 Å². The smallest absolute Gasteiger partial charge is 0.338 e. The van der Waals surface area contributed by atoms with Crippen LogP contribution in [0.5, 0.6) is 0 Å². The standard InChI is InChI=1S/C24H28O6/c1-3-23(11-27-12-23)15-29-21(25)18-7-5-17-6-8-19(10-20(17)9-18)22(26)30-16-24(4-2)13-28-14-24/h5-10H,3-4,11-16H2,1-2H3. The third-order valence-corrected chi connectivity index (χ3v) is 6.46. The predicted molar refractivity (Wildman–Crippen MR) is 112 cm³/mol. The molecule has 2 aliphatic rings. The van der Waals surface area contributed by atoms with Gasteiger partial charge in [0.2, 0.25) is 0 Å². The second kappa shape index (κ2) is 8.36. The summed E-state index contributed by atoms with van der Waals surface area (Å²) in [5, 5.41) is 1.74. The van der Waals surface area contributed by atoms with Gasteiger partial charge in [-0.1, -0.05) is 26.0 Å². The molecular weight excluding hydrogens is 384 g/mol. The van der Waals surface area contributed by atoms with Crippen molar-refractivity contribution in [3.8, 4) is 0 Å². The summed E-state index contributed by atoms with van der Waals surface area (Å²) in [6, 6.07) is 10.7. The summed E-state index contributed by atoms with van der Waals surface area (Å²) in [6.07, 6.45) is 1.82. The molecule has 2 aliphatic heterocycles. The molecule has 0 unspecified atom stereocenters. The number of hydrogen-bond acceptors (Lipinski definition) is 6. The Morgan fingerprint density at radius 1 is 0.767 bits per heavy atom. The summed E-state index contributed by atoms with van der Waals surface area (Å²) in [5.74, 6) is -0.723. The van der Waals surface area contributed by atoms with Gasteiger partial charge in [0.15, 0.2) is 0 Å². The van der Waals surface area contributed by atoms with Crippen LogP contribution in [0.4, 0.5) is 0 Å². The second-order valence-corrected chi connectivity index (χ2v) is 8.62. The lowest BCUT2D eigenvalue weighted by Gasteiger charge is -2.39. The fourth-order valence-electron chi connectivity index (χ4n) is 3.67. The molecule has 30 heavy (non-hydrogen) atoms. The van der Waals surface area contributed by atoms with E-state index in [4.69, 9.17) is 18.9 Å². The highest BCUT2D eigenvalue weighted by atomic mass is 16.6. The lowest BCUT2D eigenvalue weighted by atomic mass is 9.84. The van der Waals surface area contributed by atoms with Gasteiger partial charge in [-0.25, -0.2) is 9.59 Å². The van der Waals surface area contributed by atoms with Crippen molar-refractivity contribution in [1.82, 2.24) is 0 Å². The molecule has 2 aromatic rings. The molecule has 2 aromatic carbocycles. The van der Waals surface area contributed by atoms with Crippen molar-refractivity contribution < 1.29 is 28.5 Å². The molecule has 0 N–H and O–H groups in total. The Morgan fingerprint density at radius 3 is 1.53 bits per heavy atom. The van der Waals surface area contributed by atoms with Gasteiger partial charge in [0.1, 0.15) is 13.2 Å². The molecule has 0 saturated carbocycles. The van der Waals surface area contributed by atoms with Crippen LogP contribution in [-0.2, 0) is 18.9 Å². The Balaban J connectivity index is 1.44. The van der Waals surface area contributed by atoms with Crippen molar-refractivity contribution in [2.24, 2.45) is 10.8 Å². The summed E-state index contributed by atoms with van der Waals surface area (Å²) in [6.45, 7) is 7.39. The molecule has 160 valence electrons. The predicted octanol–water partition coefficient (Wildman–Crippen LogP) is 4.01. The third-order valence-electron chi connectivity index (χ3n) is 6.46. The minimum absolute atomic E-state index is 0.0508. The first kappa shape index (κ1) is 20.8. The van der Waals surface area contributed by atoms with Crippen LogP contribution in [0.2, 0.25) is 0 Å². The zero-order chi connectivity index (χ0) is 21.2. The normalized spacial score (nSPS) is 18.9. The molecule has 6 heteroatoms. The van der Waals surface area contributed by atoms with Crippen LogP contribution < -0.4 is 0 Å². The van der Waals surface area contributed by atoms with E-state index in [1.807, 2.05) is 12.1 Å². The summed E-state index contributed by atoms with van der Waals surface area (Å²) >= 11 is 0. The van der Waals surface area contributed by atoms with Crippen molar-refractivity contribution in [2.45, 2.75) is 26.7 Å². The van der Waals surface area contributed by atoms with Crippen molar-refractivity contribution in [2.75, 3.05) is 39.6 Å². The van der Waals surface area contributed by atoms with Crippen LogP contribution >= 0.6 is 0 Å². The van der Waals surface area contributed by atoms with Gasteiger partial charge in [0, 0.05) is 0 Å². The van der Waals surface area contributed by atoms with Gasteiger partial charge < -0.3 is 18.9 Å². The average molecular weight is 412 g/mol. The fraction of sp³-hybridized carbons (Fsp3) is 0.500. The van der Waals surface area contributed by atoms with E-state index in [0.717, 1.165) is 23.6 Å². The largest absolute Gasteiger partial charge is 0.461 e. The maximum atomic E-state index is 12.5. The van der Waals surface area contributed by atoms with E-state index in [2.05, 4.69) is 13.8 Å². The Morgan fingerprint density at radius 2 is 1.20 bits per heavy atom. The summed E-state index contributed by atoms with van der Waals surface area (Å²) in [5.41, 5.74) is 0.835. The lowest BCUT2D eigenvalue weighted by Crippen LogP contribution is -2.46. The number of rotatable bonds is 8. The van der Waals surface area contributed by atoms with E-state index < -0.39 is 0 Å². The van der Waals surface area contributed by atoms with Crippen LogP contribution in [0.25, 0.3) is 10.8 Å². The van der Waals surface area contributed by atoms with Gasteiger partial charge in [-0.2, -0.15) is 0 Å². The first-order valence-corrected chi connectivity index (χ1v) is 10.5.